The smallest absolute Gasteiger partial charge is 0.416 e. The second-order valence-corrected chi connectivity index (χ2v) is 7.00. The number of hydrogen-bond acceptors (Lipinski definition) is 5. The van der Waals surface area contributed by atoms with Gasteiger partial charge in [-0.2, -0.15) is 13.2 Å². The van der Waals surface area contributed by atoms with Crippen LogP contribution in [0.25, 0.3) is 0 Å². The Kier molecular flexibility index (Phi) is 8.31. The number of benzene rings is 2. The SMILES string of the molecule is COc1ccc(OCC(O)CN(C)C)c(CNCc2cccc(C(F)(F)F)c2)c1. The number of rotatable bonds is 10. The molecule has 8 heteroatoms. The van der Waals surface area contributed by atoms with Crippen molar-refractivity contribution >= 4 is 0 Å². The fourth-order valence-corrected chi connectivity index (χ4v) is 2.82. The number of aliphatic hydroxyl groups excluding tert-OH is 1. The van der Waals surface area contributed by atoms with Crippen LogP contribution >= 0.6 is 0 Å². The third-order valence-corrected chi connectivity index (χ3v) is 4.17. The van der Waals surface area contributed by atoms with E-state index in [1.807, 2.05) is 19.0 Å². The maximum Gasteiger partial charge on any atom is 0.416 e. The number of halogens is 3. The van der Waals surface area contributed by atoms with E-state index in [0.29, 0.717) is 30.2 Å². The van der Waals surface area contributed by atoms with E-state index in [-0.39, 0.29) is 13.2 Å². The van der Waals surface area contributed by atoms with Crippen LogP contribution in [-0.2, 0) is 19.3 Å². The van der Waals surface area contributed by atoms with Gasteiger partial charge in [-0.25, -0.2) is 0 Å². The molecule has 0 fully saturated rings. The molecule has 2 aromatic rings. The van der Waals surface area contributed by atoms with Gasteiger partial charge in [0.25, 0.3) is 0 Å². The molecule has 2 rings (SSSR count). The Hall–Kier alpha value is -2.29. The summed E-state index contributed by atoms with van der Waals surface area (Å²) in [7, 11) is 5.27. The fourth-order valence-electron chi connectivity index (χ4n) is 2.82. The quantitative estimate of drug-likeness (QED) is 0.627. The van der Waals surface area contributed by atoms with Crippen molar-refractivity contribution in [3.8, 4) is 11.5 Å². The van der Waals surface area contributed by atoms with Crippen LogP contribution in [0.3, 0.4) is 0 Å². The normalized spacial score (nSPS) is 12.8. The average molecular weight is 412 g/mol. The molecule has 0 saturated carbocycles. The molecule has 0 aromatic heterocycles. The number of hydrogen-bond donors (Lipinski definition) is 2. The molecule has 0 aliphatic heterocycles. The van der Waals surface area contributed by atoms with Crippen LogP contribution in [0.15, 0.2) is 42.5 Å². The van der Waals surface area contributed by atoms with Gasteiger partial charge in [0.05, 0.1) is 12.7 Å². The molecule has 160 valence electrons. The Morgan fingerprint density at radius 1 is 1.10 bits per heavy atom. The summed E-state index contributed by atoms with van der Waals surface area (Å²) in [5.41, 5.74) is 0.650. The zero-order valence-electron chi connectivity index (χ0n) is 16.8. The predicted molar refractivity (Wildman–Crippen MR) is 105 cm³/mol. The summed E-state index contributed by atoms with van der Waals surface area (Å²) in [4.78, 5) is 1.86. The summed E-state index contributed by atoms with van der Waals surface area (Å²) in [6.45, 7) is 1.24. The van der Waals surface area contributed by atoms with Crippen LogP contribution in [0.5, 0.6) is 11.5 Å². The maximum atomic E-state index is 12.8. The molecule has 0 radical (unpaired) electrons. The minimum Gasteiger partial charge on any atom is -0.497 e. The second-order valence-electron chi connectivity index (χ2n) is 7.00. The van der Waals surface area contributed by atoms with E-state index in [1.165, 1.54) is 6.07 Å². The Balaban J connectivity index is 2.01. The van der Waals surface area contributed by atoms with E-state index in [1.54, 1.807) is 31.4 Å². The van der Waals surface area contributed by atoms with Gasteiger partial charge < -0.3 is 24.8 Å². The molecule has 5 nitrogen and oxygen atoms in total. The van der Waals surface area contributed by atoms with Crippen LogP contribution in [0, 0.1) is 0 Å². The van der Waals surface area contributed by atoms with Crippen molar-refractivity contribution in [1.82, 2.24) is 10.2 Å². The van der Waals surface area contributed by atoms with E-state index in [0.717, 1.165) is 17.7 Å². The molecular formula is C21H27F3N2O3. The lowest BCUT2D eigenvalue weighted by atomic mass is 10.1. The van der Waals surface area contributed by atoms with Crippen molar-refractivity contribution in [3.05, 3.63) is 59.2 Å². The average Bonchev–Trinajstić information content (AvgIpc) is 2.66. The highest BCUT2D eigenvalue weighted by Gasteiger charge is 2.30. The van der Waals surface area contributed by atoms with Crippen LogP contribution in [-0.4, -0.2) is 50.5 Å². The molecule has 1 atom stereocenters. The zero-order valence-corrected chi connectivity index (χ0v) is 16.8. The third-order valence-electron chi connectivity index (χ3n) is 4.17. The molecule has 0 saturated heterocycles. The van der Waals surface area contributed by atoms with Gasteiger partial charge in [0.2, 0.25) is 0 Å². The van der Waals surface area contributed by atoms with Crippen molar-refractivity contribution in [3.63, 3.8) is 0 Å². The molecule has 1 unspecified atom stereocenters. The minimum atomic E-state index is -4.36. The van der Waals surface area contributed by atoms with Crippen molar-refractivity contribution in [2.45, 2.75) is 25.4 Å². The molecule has 0 heterocycles. The van der Waals surface area contributed by atoms with Gasteiger partial charge >= 0.3 is 6.18 Å². The standard InChI is InChI=1S/C21H27F3N2O3/c1-26(2)13-18(27)14-29-20-8-7-19(28-3)10-16(20)12-25-11-15-5-4-6-17(9-15)21(22,23)24/h4-10,18,25,27H,11-14H2,1-3H3. The van der Waals surface area contributed by atoms with Crippen molar-refractivity contribution in [1.29, 1.82) is 0 Å². The number of nitrogens with zero attached hydrogens (tertiary/aromatic N) is 1. The maximum absolute atomic E-state index is 12.8. The van der Waals surface area contributed by atoms with Crippen LogP contribution in [0.1, 0.15) is 16.7 Å². The predicted octanol–water partition coefficient (Wildman–Crippen LogP) is 3.31. The van der Waals surface area contributed by atoms with Gasteiger partial charge in [0.15, 0.2) is 0 Å². The molecular weight excluding hydrogens is 385 g/mol. The highest BCUT2D eigenvalue weighted by molar-refractivity contribution is 5.40. The van der Waals surface area contributed by atoms with Crippen LogP contribution < -0.4 is 14.8 Å². The summed E-state index contributed by atoms with van der Waals surface area (Å²) >= 11 is 0. The van der Waals surface area contributed by atoms with Gasteiger partial charge in [-0.15, -0.1) is 0 Å². The number of likely N-dealkylation sites (N-methyl/N-ethyl adjacent to an activating group) is 1. The van der Waals surface area contributed by atoms with Crippen molar-refractivity contribution in [2.75, 3.05) is 34.4 Å². The van der Waals surface area contributed by atoms with Gasteiger partial charge in [-0.05, 0) is 43.9 Å². The van der Waals surface area contributed by atoms with Crippen molar-refractivity contribution < 1.29 is 27.8 Å². The van der Waals surface area contributed by atoms with E-state index < -0.39 is 17.8 Å². The Morgan fingerprint density at radius 3 is 2.52 bits per heavy atom. The summed E-state index contributed by atoms with van der Waals surface area (Å²) in [5.74, 6) is 1.22. The number of methoxy groups -OCH3 is 1. The first-order chi connectivity index (χ1) is 13.7. The van der Waals surface area contributed by atoms with E-state index in [2.05, 4.69) is 5.32 Å². The first-order valence-corrected chi connectivity index (χ1v) is 9.18. The summed E-state index contributed by atoms with van der Waals surface area (Å²) in [6, 6.07) is 10.5. The molecule has 2 aromatic carbocycles. The highest BCUT2D eigenvalue weighted by Crippen LogP contribution is 2.29. The third kappa shape index (κ3) is 7.56. The Morgan fingerprint density at radius 2 is 1.86 bits per heavy atom. The zero-order chi connectivity index (χ0) is 21.4. The number of aliphatic hydroxyl groups is 1. The largest absolute Gasteiger partial charge is 0.497 e. The highest BCUT2D eigenvalue weighted by atomic mass is 19.4. The molecule has 29 heavy (non-hydrogen) atoms. The van der Waals surface area contributed by atoms with Crippen LogP contribution in [0.2, 0.25) is 0 Å². The second kappa shape index (κ2) is 10.5. The van der Waals surface area contributed by atoms with E-state index in [9.17, 15) is 18.3 Å². The monoisotopic (exact) mass is 412 g/mol. The Bertz CT molecular complexity index is 782. The first-order valence-electron chi connectivity index (χ1n) is 9.18. The summed E-state index contributed by atoms with van der Waals surface area (Å²) in [5, 5.41) is 13.1. The Labute approximate surface area is 169 Å². The van der Waals surface area contributed by atoms with Gasteiger partial charge in [-0.1, -0.05) is 18.2 Å². The molecule has 0 amide bonds. The first kappa shape index (κ1) is 23.0. The van der Waals surface area contributed by atoms with E-state index >= 15 is 0 Å². The number of nitrogens with one attached hydrogen (secondary N) is 1. The lowest BCUT2D eigenvalue weighted by Crippen LogP contribution is -2.30. The fraction of sp³-hybridized carbons (Fsp3) is 0.429. The lowest BCUT2D eigenvalue weighted by molar-refractivity contribution is -0.137. The minimum absolute atomic E-state index is 0.130. The van der Waals surface area contributed by atoms with Gasteiger partial charge in [0, 0.05) is 25.2 Å². The topological polar surface area (TPSA) is 54.0 Å². The molecule has 0 aliphatic carbocycles. The summed E-state index contributed by atoms with van der Waals surface area (Å²) in [6.07, 6.45) is -5.00. The molecule has 0 bridgehead atoms. The van der Waals surface area contributed by atoms with Gasteiger partial charge in [0.1, 0.15) is 24.2 Å². The van der Waals surface area contributed by atoms with E-state index in [4.69, 9.17) is 9.47 Å². The molecule has 0 aliphatic rings. The molecule has 0 spiro atoms. The van der Waals surface area contributed by atoms with Crippen LogP contribution in [0.4, 0.5) is 13.2 Å². The van der Waals surface area contributed by atoms with Gasteiger partial charge in [-0.3, -0.25) is 0 Å². The molecule has 2 N–H and O–H groups in total. The van der Waals surface area contributed by atoms with Crippen molar-refractivity contribution in [2.24, 2.45) is 0 Å². The number of alkyl halides is 3. The lowest BCUT2D eigenvalue weighted by Gasteiger charge is -2.18. The summed E-state index contributed by atoms with van der Waals surface area (Å²) < 4.78 is 49.5. The number of ether oxygens (including phenoxy) is 2.